The van der Waals surface area contributed by atoms with Gasteiger partial charge < -0.3 is 9.84 Å². The average molecular weight is 233 g/mol. The molecule has 0 saturated carbocycles. The van der Waals surface area contributed by atoms with Gasteiger partial charge in [-0.15, -0.1) is 0 Å². The lowest BCUT2D eigenvalue weighted by Gasteiger charge is -2.02. The largest absolute Gasteiger partial charge is 0.338 e. The lowest BCUT2D eigenvalue weighted by molar-refractivity contribution is 0.358. The van der Waals surface area contributed by atoms with Gasteiger partial charge in [-0.1, -0.05) is 19.0 Å². The van der Waals surface area contributed by atoms with Crippen LogP contribution in [0.4, 0.5) is 0 Å². The third-order valence-electron chi connectivity index (χ3n) is 1.56. The van der Waals surface area contributed by atoms with Crippen molar-refractivity contribution >= 4 is 9.84 Å². The van der Waals surface area contributed by atoms with E-state index in [1.807, 2.05) is 13.8 Å². The highest BCUT2D eigenvalue weighted by atomic mass is 32.2. The van der Waals surface area contributed by atoms with Crippen LogP contribution in [0.1, 0.15) is 25.6 Å². The second-order valence-corrected chi connectivity index (χ2v) is 5.85. The van der Waals surface area contributed by atoms with Gasteiger partial charge in [0.05, 0.1) is 6.54 Å². The predicted molar refractivity (Wildman–Crippen MR) is 54.8 cm³/mol. The summed E-state index contributed by atoms with van der Waals surface area (Å²) in [5.74, 6) is 0.429. The molecule has 7 heteroatoms. The maximum atomic E-state index is 10.9. The molecule has 86 valence electrons. The van der Waals surface area contributed by atoms with Gasteiger partial charge in [0.2, 0.25) is 5.89 Å². The molecule has 0 unspecified atom stereocenters. The third-order valence-corrected chi connectivity index (χ3v) is 2.35. The van der Waals surface area contributed by atoms with Crippen LogP contribution in [0.15, 0.2) is 4.52 Å². The zero-order chi connectivity index (χ0) is 11.5. The van der Waals surface area contributed by atoms with Crippen LogP contribution in [-0.2, 0) is 22.1 Å². The van der Waals surface area contributed by atoms with Gasteiger partial charge in [-0.25, -0.2) is 8.42 Å². The number of aromatic nitrogens is 2. The molecule has 0 spiro atoms. The molecule has 0 aliphatic rings. The first kappa shape index (κ1) is 12.1. The number of nitrogens with one attached hydrogen (secondary N) is 1. The van der Waals surface area contributed by atoms with Gasteiger partial charge in [0.15, 0.2) is 15.7 Å². The Kier molecular flexibility index (Phi) is 3.81. The van der Waals surface area contributed by atoms with E-state index >= 15 is 0 Å². The molecule has 0 fully saturated rings. The van der Waals surface area contributed by atoms with Crippen molar-refractivity contribution in [2.24, 2.45) is 0 Å². The Balaban J connectivity index is 2.57. The minimum Gasteiger partial charge on any atom is -0.338 e. The van der Waals surface area contributed by atoms with E-state index < -0.39 is 9.84 Å². The van der Waals surface area contributed by atoms with Gasteiger partial charge in [-0.3, -0.25) is 0 Å². The lowest BCUT2D eigenvalue weighted by Crippen LogP contribution is -2.22. The molecule has 1 N–H and O–H groups in total. The summed E-state index contributed by atoms with van der Waals surface area (Å²) in [5.41, 5.74) is 0. The first-order valence-corrected chi connectivity index (χ1v) is 6.65. The van der Waals surface area contributed by atoms with Crippen molar-refractivity contribution in [3.05, 3.63) is 11.7 Å². The molecule has 1 aromatic rings. The monoisotopic (exact) mass is 233 g/mol. The van der Waals surface area contributed by atoms with Gasteiger partial charge in [0.25, 0.3) is 0 Å². The third kappa shape index (κ3) is 4.89. The van der Waals surface area contributed by atoms with Crippen molar-refractivity contribution < 1.29 is 12.9 Å². The van der Waals surface area contributed by atoms with Gasteiger partial charge in [0, 0.05) is 12.3 Å². The minimum atomic E-state index is -3.10. The molecule has 1 heterocycles. The fourth-order valence-corrected chi connectivity index (χ4v) is 1.53. The molecule has 0 bridgehead atoms. The minimum absolute atomic E-state index is 0.182. The second-order valence-electron chi connectivity index (χ2n) is 3.71. The molecular formula is C8H15N3O3S. The van der Waals surface area contributed by atoms with Crippen molar-refractivity contribution in [2.75, 3.05) is 6.26 Å². The summed E-state index contributed by atoms with van der Waals surface area (Å²) < 4.78 is 26.8. The summed E-state index contributed by atoms with van der Waals surface area (Å²) in [6.07, 6.45) is 1.13. The Morgan fingerprint density at radius 2 is 2.13 bits per heavy atom. The molecule has 6 nitrogen and oxygen atoms in total. The van der Waals surface area contributed by atoms with Gasteiger partial charge >= 0.3 is 0 Å². The highest BCUT2D eigenvalue weighted by Crippen LogP contribution is 2.01. The Hall–Kier alpha value is -0.950. The predicted octanol–water partition coefficient (Wildman–Crippen LogP) is 0.112. The van der Waals surface area contributed by atoms with Crippen LogP contribution >= 0.6 is 0 Å². The number of sulfone groups is 1. The fraction of sp³-hybridized carbons (Fsp3) is 0.750. The Morgan fingerprint density at radius 1 is 1.47 bits per heavy atom. The van der Waals surface area contributed by atoms with Gasteiger partial charge in [-0.05, 0) is 0 Å². The van der Waals surface area contributed by atoms with E-state index in [1.54, 1.807) is 0 Å². The average Bonchev–Trinajstić information content (AvgIpc) is 2.45. The van der Waals surface area contributed by atoms with Crippen molar-refractivity contribution in [2.45, 2.75) is 32.2 Å². The highest BCUT2D eigenvalue weighted by molar-refractivity contribution is 7.89. The molecule has 0 aromatic carbocycles. The van der Waals surface area contributed by atoms with Crippen molar-refractivity contribution in [3.8, 4) is 0 Å². The van der Waals surface area contributed by atoms with E-state index in [1.165, 1.54) is 0 Å². The van der Waals surface area contributed by atoms with Crippen LogP contribution in [0.25, 0.3) is 0 Å². The quantitative estimate of drug-likeness (QED) is 0.777. The summed E-state index contributed by atoms with van der Waals surface area (Å²) in [7, 11) is -3.10. The van der Waals surface area contributed by atoms with Gasteiger partial charge in [-0.2, -0.15) is 4.98 Å². The van der Waals surface area contributed by atoms with E-state index in [4.69, 9.17) is 4.52 Å². The summed E-state index contributed by atoms with van der Waals surface area (Å²) in [6, 6.07) is 0.315. The normalized spacial score (nSPS) is 12.3. The lowest BCUT2D eigenvalue weighted by atomic mass is 10.4. The Labute approximate surface area is 89.0 Å². The van der Waals surface area contributed by atoms with Crippen molar-refractivity contribution in [1.29, 1.82) is 0 Å². The van der Waals surface area contributed by atoms with E-state index in [2.05, 4.69) is 15.5 Å². The number of rotatable bonds is 5. The first-order chi connectivity index (χ1) is 6.87. The number of hydrogen-bond acceptors (Lipinski definition) is 6. The molecule has 15 heavy (non-hydrogen) atoms. The van der Waals surface area contributed by atoms with Crippen molar-refractivity contribution in [1.82, 2.24) is 15.5 Å². The molecule has 0 atom stereocenters. The highest BCUT2D eigenvalue weighted by Gasteiger charge is 2.11. The van der Waals surface area contributed by atoms with Gasteiger partial charge in [0.1, 0.15) is 5.75 Å². The smallest absolute Gasteiger partial charge is 0.240 e. The SMILES string of the molecule is CC(C)NCc1nc(CS(C)(=O)=O)no1. The van der Waals surface area contributed by atoms with Crippen LogP contribution in [0.5, 0.6) is 0 Å². The second kappa shape index (κ2) is 4.71. The zero-order valence-corrected chi connectivity index (χ0v) is 9.84. The van der Waals surface area contributed by atoms with Crippen LogP contribution in [-0.4, -0.2) is 30.9 Å². The molecule has 0 amide bonds. The zero-order valence-electron chi connectivity index (χ0n) is 9.02. The molecule has 0 radical (unpaired) electrons. The van der Waals surface area contributed by atoms with Crippen molar-refractivity contribution in [3.63, 3.8) is 0 Å². The molecule has 0 aliphatic carbocycles. The summed E-state index contributed by atoms with van der Waals surface area (Å²) in [5, 5.41) is 6.67. The number of nitrogens with zero attached hydrogens (tertiary/aromatic N) is 2. The van der Waals surface area contributed by atoms with E-state index in [0.717, 1.165) is 6.26 Å². The Morgan fingerprint density at radius 3 is 2.67 bits per heavy atom. The number of hydrogen-bond donors (Lipinski definition) is 1. The molecule has 0 saturated heterocycles. The summed E-state index contributed by atoms with van der Waals surface area (Å²) >= 11 is 0. The molecule has 0 aliphatic heterocycles. The molecule has 1 aromatic heterocycles. The fourth-order valence-electron chi connectivity index (χ4n) is 0.947. The Bertz CT molecular complexity index is 411. The topological polar surface area (TPSA) is 85.1 Å². The van der Waals surface area contributed by atoms with Crippen LogP contribution in [0, 0.1) is 0 Å². The maximum Gasteiger partial charge on any atom is 0.240 e. The van der Waals surface area contributed by atoms with Crippen LogP contribution in [0.3, 0.4) is 0 Å². The van der Waals surface area contributed by atoms with E-state index in [-0.39, 0.29) is 11.6 Å². The summed E-state index contributed by atoms with van der Waals surface area (Å²) in [4.78, 5) is 3.95. The standard InChI is InChI=1S/C8H15N3O3S/c1-6(2)9-4-8-10-7(11-14-8)5-15(3,12)13/h6,9H,4-5H2,1-3H3. The van der Waals surface area contributed by atoms with E-state index in [9.17, 15) is 8.42 Å². The first-order valence-electron chi connectivity index (χ1n) is 4.59. The molecule has 1 rings (SSSR count). The van der Waals surface area contributed by atoms with E-state index in [0.29, 0.717) is 18.5 Å². The van der Waals surface area contributed by atoms with Crippen LogP contribution in [0.2, 0.25) is 0 Å². The maximum absolute atomic E-state index is 10.9. The summed E-state index contributed by atoms with van der Waals surface area (Å²) in [6.45, 7) is 4.44. The van der Waals surface area contributed by atoms with Crippen LogP contribution < -0.4 is 5.32 Å². The molecular weight excluding hydrogens is 218 g/mol.